The number of pyridine rings is 1. The quantitative estimate of drug-likeness (QED) is 0.909. The van der Waals surface area contributed by atoms with Crippen LogP contribution in [0.15, 0.2) is 36.5 Å². The van der Waals surface area contributed by atoms with Crippen molar-refractivity contribution in [3.8, 4) is 11.3 Å². The smallest absolute Gasteiger partial charge is 0.307 e. The van der Waals surface area contributed by atoms with Crippen molar-refractivity contribution in [1.82, 2.24) is 4.98 Å². The van der Waals surface area contributed by atoms with E-state index in [-0.39, 0.29) is 6.42 Å². The zero-order chi connectivity index (χ0) is 13.1. The van der Waals surface area contributed by atoms with Crippen LogP contribution in [0.4, 0.5) is 8.78 Å². The summed E-state index contributed by atoms with van der Waals surface area (Å²) in [7, 11) is 0. The second-order valence-corrected chi connectivity index (χ2v) is 3.75. The normalized spacial score (nSPS) is 10.3. The Balaban J connectivity index is 2.28. The summed E-state index contributed by atoms with van der Waals surface area (Å²) in [6.07, 6.45) is 1.29. The molecule has 0 bridgehead atoms. The van der Waals surface area contributed by atoms with Gasteiger partial charge in [0.15, 0.2) is 11.6 Å². The molecular weight excluding hydrogens is 240 g/mol. The monoisotopic (exact) mass is 249 g/mol. The lowest BCUT2D eigenvalue weighted by molar-refractivity contribution is -0.136. The maximum Gasteiger partial charge on any atom is 0.307 e. The fraction of sp³-hybridized carbons (Fsp3) is 0.0769. The topological polar surface area (TPSA) is 50.2 Å². The Kier molecular flexibility index (Phi) is 3.32. The van der Waals surface area contributed by atoms with Gasteiger partial charge in [0, 0.05) is 11.8 Å². The molecule has 2 aromatic rings. The van der Waals surface area contributed by atoms with Crippen LogP contribution in [0.1, 0.15) is 5.56 Å². The van der Waals surface area contributed by atoms with Gasteiger partial charge >= 0.3 is 5.97 Å². The number of carboxylic acid groups (broad SMARTS) is 1. The van der Waals surface area contributed by atoms with E-state index in [1.807, 2.05) is 0 Å². The fourth-order valence-corrected chi connectivity index (χ4v) is 1.53. The lowest BCUT2D eigenvalue weighted by Gasteiger charge is -2.03. The van der Waals surface area contributed by atoms with Crippen LogP contribution in [-0.2, 0) is 11.2 Å². The lowest BCUT2D eigenvalue weighted by Crippen LogP contribution is -2.00. The maximum atomic E-state index is 13.0. The van der Waals surface area contributed by atoms with Crippen molar-refractivity contribution >= 4 is 5.97 Å². The molecule has 0 unspecified atom stereocenters. The number of halogens is 2. The molecule has 3 nitrogen and oxygen atoms in total. The molecule has 0 fully saturated rings. The number of hydrogen-bond donors (Lipinski definition) is 1. The van der Waals surface area contributed by atoms with Gasteiger partial charge in [0.25, 0.3) is 0 Å². The Morgan fingerprint density at radius 2 is 1.94 bits per heavy atom. The molecule has 1 aromatic carbocycles. The van der Waals surface area contributed by atoms with Crippen molar-refractivity contribution in [2.24, 2.45) is 0 Å². The minimum absolute atomic E-state index is 0.120. The molecule has 92 valence electrons. The molecule has 0 atom stereocenters. The average Bonchev–Trinajstić information content (AvgIpc) is 2.33. The van der Waals surface area contributed by atoms with E-state index >= 15 is 0 Å². The summed E-state index contributed by atoms with van der Waals surface area (Å²) in [5.74, 6) is -2.80. The lowest BCUT2D eigenvalue weighted by atomic mass is 10.1. The highest BCUT2D eigenvalue weighted by molar-refractivity contribution is 5.70. The molecule has 1 N–H and O–H groups in total. The predicted octanol–water partition coefficient (Wildman–Crippen LogP) is 2.65. The molecule has 0 aliphatic rings. The molecule has 0 saturated heterocycles. The first-order valence-electron chi connectivity index (χ1n) is 5.18. The summed E-state index contributed by atoms with van der Waals surface area (Å²) >= 11 is 0. The number of benzene rings is 1. The van der Waals surface area contributed by atoms with E-state index in [1.165, 1.54) is 12.3 Å². The molecule has 5 heteroatoms. The highest BCUT2D eigenvalue weighted by atomic mass is 19.2. The van der Waals surface area contributed by atoms with Gasteiger partial charge in [-0.1, -0.05) is 6.07 Å². The number of aromatic nitrogens is 1. The number of hydrogen-bond acceptors (Lipinski definition) is 2. The predicted molar refractivity (Wildman–Crippen MR) is 60.9 cm³/mol. The van der Waals surface area contributed by atoms with E-state index in [2.05, 4.69) is 4.98 Å². The van der Waals surface area contributed by atoms with Crippen molar-refractivity contribution in [2.45, 2.75) is 6.42 Å². The molecule has 1 aromatic heterocycles. The number of aliphatic carboxylic acids is 1. The zero-order valence-electron chi connectivity index (χ0n) is 9.23. The summed E-state index contributed by atoms with van der Waals surface area (Å²) in [6, 6.07) is 6.66. The molecule has 0 spiro atoms. The number of rotatable bonds is 3. The van der Waals surface area contributed by atoms with Gasteiger partial charge in [0.2, 0.25) is 0 Å². The first kappa shape index (κ1) is 12.2. The molecule has 0 aliphatic carbocycles. The van der Waals surface area contributed by atoms with E-state index in [1.54, 1.807) is 12.1 Å². The molecular formula is C13H9F2NO2. The van der Waals surface area contributed by atoms with Gasteiger partial charge < -0.3 is 5.11 Å². The largest absolute Gasteiger partial charge is 0.481 e. The van der Waals surface area contributed by atoms with Gasteiger partial charge in [0.05, 0.1) is 12.1 Å². The third kappa shape index (κ3) is 2.68. The summed E-state index contributed by atoms with van der Waals surface area (Å²) < 4.78 is 25.8. The van der Waals surface area contributed by atoms with E-state index in [9.17, 15) is 13.6 Å². The molecule has 1 heterocycles. The summed E-state index contributed by atoms with van der Waals surface area (Å²) in [4.78, 5) is 14.5. The highest BCUT2D eigenvalue weighted by Crippen LogP contribution is 2.19. The average molecular weight is 249 g/mol. The van der Waals surface area contributed by atoms with Crippen molar-refractivity contribution in [2.75, 3.05) is 0 Å². The Morgan fingerprint density at radius 1 is 1.17 bits per heavy atom. The standard InChI is InChI=1S/C13H9F2NO2/c14-10-3-2-9(6-11(10)15)12-4-1-8(7-16-12)5-13(17)18/h1-4,6-7H,5H2,(H,17,18). The number of nitrogens with zero attached hydrogens (tertiary/aromatic N) is 1. The Labute approximate surface area is 102 Å². The van der Waals surface area contributed by atoms with E-state index in [4.69, 9.17) is 5.11 Å². The van der Waals surface area contributed by atoms with Crippen LogP contribution in [0.3, 0.4) is 0 Å². The van der Waals surface area contributed by atoms with Gasteiger partial charge in [-0.15, -0.1) is 0 Å². The van der Waals surface area contributed by atoms with E-state index in [0.717, 1.165) is 12.1 Å². The van der Waals surface area contributed by atoms with Crippen LogP contribution >= 0.6 is 0 Å². The molecule has 18 heavy (non-hydrogen) atoms. The second-order valence-electron chi connectivity index (χ2n) is 3.75. The SMILES string of the molecule is O=C(O)Cc1ccc(-c2ccc(F)c(F)c2)nc1. The van der Waals surface area contributed by atoms with Crippen LogP contribution in [0.25, 0.3) is 11.3 Å². The van der Waals surface area contributed by atoms with Crippen LogP contribution in [-0.4, -0.2) is 16.1 Å². The van der Waals surface area contributed by atoms with Crippen LogP contribution in [0.2, 0.25) is 0 Å². The van der Waals surface area contributed by atoms with Gasteiger partial charge in [-0.2, -0.15) is 0 Å². The highest BCUT2D eigenvalue weighted by Gasteiger charge is 2.06. The Bertz CT molecular complexity index is 582. The van der Waals surface area contributed by atoms with Crippen molar-refractivity contribution in [1.29, 1.82) is 0 Å². The molecule has 0 saturated carbocycles. The third-order valence-electron chi connectivity index (χ3n) is 2.40. The first-order valence-corrected chi connectivity index (χ1v) is 5.18. The second kappa shape index (κ2) is 4.91. The summed E-state index contributed by atoms with van der Waals surface area (Å²) in [5.41, 5.74) is 1.45. The molecule has 0 amide bonds. The first-order chi connectivity index (χ1) is 8.56. The minimum Gasteiger partial charge on any atom is -0.481 e. The van der Waals surface area contributed by atoms with Crippen LogP contribution in [0.5, 0.6) is 0 Å². The fourth-order valence-electron chi connectivity index (χ4n) is 1.53. The minimum atomic E-state index is -0.947. The number of carboxylic acids is 1. The Hall–Kier alpha value is -2.30. The Morgan fingerprint density at radius 3 is 2.50 bits per heavy atom. The molecule has 0 aliphatic heterocycles. The van der Waals surface area contributed by atoms with Crippen LogP contribution < -0.4 is 0 Å². The van der Waals surface area contributed by atoms with Crippen LogP contribution in [0, 0.1) is 11.6 Å². The maximum absolute atomic E-state index is 13.0. The van der Waals surface area contributed by atoms with Gasteiger partial charge in [0.1, 0.15) is 0 Å². The van der Waals surface area contributed by atoms with E-state index < -0.39 is 17.6 Å². The van der Waals surface area contributed by atoms with E-state index in [0.29, 0.717) is 16.8 Å². The third-order valence-corrected chi connectivity index (χ3v) is 2.40. The summed E-state index contributed by atoms with van der Waals surface area (Å²) in [5, 5.41) is 8.60. The van der Waals surface area contributed by atoms with Crippen molar-refractivity contribution < 1.29 is 18.7 Å². The molecule has 0 radical (unpaired) electrons. The van der Waals surface area contributed by atoms with Crippen molar-refractivity contribution in [3.63, 3.8) is 0 Å². The van der Waals surface area contributed by atoms with Gasteiger partial charge in [-0.05, 0) is 29.8 Å². The van der Waals surface area contributed by atoms with Crippen molar-refractivity contribution in [3.05, 3.63) is 53.7 Å². The van der Waals surface area contributed by atoms with Gasteiger partial charge in [-0.25, -0.2) is 8.78 Å². The zero-order valence-corrected chi connectivity index (χ0v) is 9.23. The number of carbonyl (C=O) groups is 1. The summed E-state index contributed by atoms with van der Waals surface area (Å²) in [6.45, 7) is 0. The van der Waals surface area contributed by atoms with Gasteiger partial charge in [-0.3, -0.25) is 9.78 Å². The molecule has 2 rings (SSSR count).